The molecule has 0 spiro atoms. The van der Waals surface area contributed by atoms with Gasteiger partial charge in [0, 0.05) is 24.3 Å². The molecule has 0 aliphatic rings. The van der Waals surface area contributed by atoms with Crippen molar-refractivity contribution in [1.29, 1.82) is 0 Å². The minimum Gasteiger partial charge on any atom is -0.354 e. The Kier molecular flexibility index (Phi) is 6.26. The van der Waals surface area contributed by atoms with Crippen molar-refractivity contribution < 1.29 is 4.79 Å². The topological polar surface area (TPSA) is 78.1 Å². The van der Waals surface area contributed by atoms with E-state index in [0.29, 0.717) is 12.1 Å². The monoisotopic (exact) mass is 398 g/mol. The molecule has 0 bridgehead atoms. The van der Waals surface area contributed by atoms with Gasteiger partial charge in [0.05, 0.1) is 21.6 Å². The Morgan fingerprint density at radius 2 is 2.04 bits per heavy atom. The van der Waals surface area contributed by atoms with Gasteiger partial charge in [-0.05, 0) is 43.8 Å². The van der Waals surface area contributed by atoms with E-state index in [0.717, 1.165) is 28.0 Å². The maximum Gasteiger partial charge on any atom is 0.252 e. The average molecular weight is 399 g/mol. The highest BCUT2D eigenvalue weighted by Crippen LogP contribution is 2.26. The van der Waals surface area contributed by atoms with Crippen molar-refractivity contribution in [2.45, 2.75) is 19.8 Å². The largest absolute Gasteiger partial charge is 0.354 e. The number of aromatic amines is 1. The molecule has 7 heteroatoms. The number of nitrogens with zero attached hydrogens (tertiary/aromatic N) is 2. The molecule has 1 unspecified atom stereocenters. The second kappa shape index (κ2) is 8.67. The fraction of sp³-hybridized carbons (Fsp3) is 0.381. The van der Waals surface area contributed by atoms with Crippen LogP contribution in [0.15, 0.2) is 40.6 Å². The zero-order valence-electron chi connectivity index (χ0n) is 16.7. The smallest absolute Gasteiger partial charge is 0.252 e. The highest BCUT2D eigenvalue weighted by molar-refractivity contribution is 7.16. The molecule has 3 rings (SSSR count). The quantitative estimate of drug-likeness (QED) is 0.641. The first-order chi connectivity index (χ1) is 13.4. The number of thiazole rings is 1. The number of benzene rings is 1. The molecule has 0 fully saturated rings. The van der Waals surface area contributed by atoms with Crippen LogP contribution in [0.3, 0.4) is 0 Å². The standard InChI is InChI=1S/C21H26N4O2S/c1-13(2)19(21(27)22-9-10-25(3)4)15-6-8-16(24-20(15)26)14-5-7-17-18(11-14)28-12-23-17/h5-8,11-13,19H,9-10H2,1-4H3,(H,22,27)(H,24,26). The van der Waals surface area contributed by atoms with E-state index < -0.39 is 5.92 Å². The Morgan fingerprint density at radius 3 is 2.71 bits per heavy atom. The lowest BCUT2D eigenvalue weighted by Gasteiger charge is -2.21. The molecule has 6 nitrogen and oxygen atoms in total. The maximum atomic E-state index is 12.8. The highest BCUT2D eigenvalue weighted by Gasteiger charge is 2.26. The lowest BCUT2D eigenvalue weighted by atomic mass is 9.88. The van der Waals surface area contributed by atoms with E-state index in [1.54, 1.807) is 17.4 Å². The lowest BCUT2D eigenvalue weighted by Crippen LogP contribution is -2.38. The molecule has 1 aromatic carbocycles. The van der Waals surface area contributed by atoms with Crippen LogP contribution >= 0.6 is 11.3 Å². The number of pyridine rings is 1. The van der Waals surface area contributed by atoms with Crippen LogP contribution in [0.25, 0.3) is 21.5 Å². The Bertz CT molecular complexity index is 1020. The van der Waals surface area contributed by atoms with Crippen LogP contribution in [-0.2, 0) is 4.79 Å². The fourth-order valence-electron chi connectivity index (χ4n) is 3.24. The number of aromatic nitrogens is 2. The van der Waals surface area contributed by atoms with E-state index in [1.807, 2.05) is 62.6 Å². The van der Waals surface area contributed by atoms with Crippen molar-refractivity contribution in [2.24, 2.45) is 5.92 Å². The molecule has 2 aromatic heterocycles. The lowest BCUT2D eigenvalue weighted by molar-refractivity contribution is -0.123. The SMILES string of the molecule is CC(C)C(C(=O)NCCN(C)C)c1ccc(-c2ccc3ncsc3c2)[nH]c1=O. The molecule has 0 saturated heterocycles. The first-order valence-electron chi connectivity index (χ1n) is 9.36. The molecule has 2 N–H and O–H groups in total. The Morgan fingerprint density at radius 1 is 1.25 bits per heavy atom. The van der Waals surface area contributed by atoms with Crippen molar-refractivity contribution in [2.75, 3.05) is 27.2 Å². The van der Waals surface area contributed by atoms with Crippen LogP contribution in [-0.4, -0.2) is 48.0 Å². The van der Waals surface area contributed by atoms with Gasteiger partial charge < -0.3 is 15.2 Å². The summed E-state index contributed by atoms with van der Waals surface area (Å²) >= 11 is 1.57. The van der Waals surface area contributed by atoms with E-state index >= 15 is 0 Å². The summed E-state index contributed by atoms with van der Waals surface area (Å²) < 4.78 is 1.07. The first-order valence-corrected chi connectivity index (χ1v) is 10.2. The number of carbonyl (C=O) groups is 1. The summed E-state index contributed by atoms with van der Waals surface area (Å²) in [5.74, 6) is -0.579. The Balaban J connectivity index is 1.86. The molecule has 1 atom stereocenters. The third-order valence-electron chi connectivity index (χ3n) is 4.72. The number of H-pyrrole nitrogens is 1. The molecule has 0 aliphatic heterocycles. The van der Waals surface area contributed by atoms with Crippen LogP contribution in [0.2, 0.25) is 0 Å². The van der Waals surface area contributed by atoms with Gasteiger partial charge in [0.1, 0.15) is 0 Å². The molecular weight excluding hydrogens is 372 g/mol. The predicted molar refractivity (Wildman–Crippen MR) is 115 cm³/mol. The van der Waals surface area contributed by atoms with E-state index in [9.17, 15) is 9.59 Å². The van der Waals surface area contributed by atoms with Gasteiger partial charge in [-0.25, -0.2) is 4.98 Å². The van der Waals surface area contributed by atoms with Crippen molar-refractivity contribution in [1.82, 2.24) is 20.2 Å². The Hall–Kier alpha value is -2.51. The fourth-order valence-corrected chi connectivity index (χ4v) is 3.95. The van der Waals surface area contributed by atoms with Crippen molar-refractivity contribution in [3.05, 3.63) is 51.8 Å². The maximum absolute atomic E-state index is 12.8. The predicted octanol–water partition coefficient (Wildman–Crippen LogP) is 3.07. The van der Waals surface area contributed by atoms with Crippen molar-refractivity contribution in [3.8, 4) is 11.3 Å². The molecule has 0 saturated carbocycles. The van der Waals surface area contributed by atoms with E-state index in [-0.39, 0.29) is 17.4 Å². The van der Waals surface area contributed by atoms with Crippen LogP contribution in [0.1, 0.15) is 25.3 Å². The molecule has 2 heterocycles. The molecule has 148 valence electrons. The van der Waals surface area contributed by atoms with Gasteiger partial charge in [-0.15, -0.1) is 11.3 Å². The Labute approximate surface area is 168 Å². The molecule has 3 aromatic rings. The van der Waals surface area contributed by atoms with E-state index in [2.05, 4.69) is 15.3 Å². The van der Waals surface area contributed by atoms with Crippen molar-refractivity contribution in [3.63, 3.8) is 0 Å². The third-order valence-corrected chi connectivity index (χ3v) is 5.52. The summed E-state index contributed by atoms with van der Waals surface area (Å²) in [4.78, 5) is 34.8. The minimum atomic E-state index is -0.482. The number of rotatable bonds is 7. The molecule has 0 radical (unpaired) electrons. The number of hydrogen-bond donors (Lipinski definition) is 2. The summed E-state index contributed by atoms with van der Waals surface area (Å²) in [5, 5.41) is 2.95. The summed E-state index contributed by atoms with van der Waals surface area (Å²) in [7, 11) is 3.91. The second-order valence-corrected chi connectivity index (χ2v) is 8.39. The number of nitrogens with one attached hydrogen (secondary N) is 2. The van der Waals surface area contributed by atoms with Crippen LogP contribution in [0.5, 0.6) is 0 Å². The normalized spacial score (nSPS) is 12.6. The van der Waals surface area contributed by atoms with Gasteiger partial charge in [-0.2, -0.15) is 0 Å². The number of carbonyl (C=O) groups excluding carboxylic acids is 1. The average Bonchev–Trinajstić information content (AvgIpc) is 3.10. The van der Waals surface area contributed by atoms with Crippen molar-refractivity contribution >= 4 is 27.5 Å². The summed E-state index contributed by atoms with van der Waals surface area (Å²) in [5.41, 5.74) is 4.70. The minimum absolute atomic E-state index is 0.0137. The molecule has 0 aliphatic carbocycles. The van der Waals surface area contributed by atoms with Crippen LogP contribution < -0.4 is 10.9 Å². The number of amides is 1. The zero-order valence-corrected chi connectivity index (χ0v) is 17.5. The van der Waals surface area contributed by atoms with Gasteiger partial charge in [0.2, 0.25) is 5.91 Å². The van der Waals surface area contributed by atoms with Gasteiger partial charge in [0.25, 0.3) is 5.56 Å². The number of hydrogen-bond acceptors (Lipinski definition) is 5. The van der Waals surface area contributed by atoms with Crippen LogP contribution in [0.4, 0.5) is 0 Å². The van der Waals surface area contributed by atoms with Gasteiger partial charge in [-0.1, -0.05) is 26.0 Å². The summed E-state index contributed by atoms with van der Waals surface area (Å²) in [6.45, 7) is 5.23. The van der Waals surface area contributed by atoms with Crippen LogP contribution in [0, 0.1) is 5.92 Å². The zero-order chi connectivity index (χ0) is 20.3. The molecule has 28 heavy (non-hydrogen) atoms. The van der Waals surface area contributed by atoms with Gasteiger partial charge in [-0.3, -0.25) is 9.59 Å². The van der Waals surface area contributed by atoms with Gasteiger partial charge in [0.15, 0.2) is 0 Å². The van der Waals surface area contributed by atoms with E-state index in [1.165, 1.54) is 0 Å². The molecular formula is C21H26N4O2S. The highest BCUT2D eigenvalue weighted by atomic mass is 32.1. The first kappa shape index (κ1) is 20.2. The second-order valence-electron chi connectivity index (χ2n) is 7.51. The summed E-state index contributed by atoms with van der Waals surface area (Å²) in [6.07, 6.45) is 0. The molecule has 1 amide bonds. The number of fused-ring (bicyclic) bond motifs is 1. The number of likely N-dealkylation sites (N-methyl/N-ethyl adjacent to an activating group) is 1. The summed E-state index contributed by atoms with van der Waals surface area (Å²) in [6, 6.07) is 9.57. The third kappa shape index (κ3) is 4.48. The van der Waals surface area contributed by atoms with Gasteiger partial charge >= 0.3 is 0 Å². The van der Waals surface area contributed by atoms with E-state index in [4.69, 9.17) is 0 Å².